The van der Waals surface area contributed by atoms with E-state index < -0.39 is 0 Å². The minimum absolute atomic E-state index is 0.391. The zero-order valence-electron chi connectivity index (χ0n) is 13.8. The first-order valence-electron chi connectivity index (χ1n) is 8.49. The molecule has 1 N–H and O–H groups in total. The van der Waals surface area contributed by atoms with Gasteiger partial charge in [0.25, 0.3) is 0 Å². The molecule has 3 heteroatoms. The lowest BCUT2D eigenvalue weighted by molar-refractivity contribution is 0.122. The van der Waals surface area contributed by atoms with Crippen molar-refractivity contribution in [2.45, 2.75) is 65.5 Å². The van der Waals surface area contributed by atoms with Gasteiger partial charge in [-0.2, -0.15) is 0 Å². The number of aromatic nitrogens is 1. The topological polar surface area (TPSA) is 34.1 Å². The van der Waals surface area contributed by atoms with Gasteiger partial charge in [-0.3, -0.25) is 4.98 Å². The standard InChI is InChI=1S/C18H30N2O/c1-4-15-6-5-7-17(10-15)21-18-8-9-20-16(11-18)13-19-12-14(2)3/h8-9,11,14-15,17,19H,4-7,10,12-13H2,1-3H3. The monoisotopic (exact) mass is 290 g/mol. The highest BCUT2D eigenvalue weighted by atomic mass is 16.5. The average Bonchev–Trinajstić information content (AvgIpc) is 2.47. The fourth-order valence-electron chi connectivity index (χ4n) is 3.03. The fraction of sp³-hybridized carbons (Fsp3) is 0.722. The van der Waals surface area contributed by atoms with Crippen LogP contribution < -0.4 is 10.1 Å². The third-order valence-corrected chi connectivity index (χ3v) is 4.26. The molecule has 3 nitrogen and oxygen atoms in total. The quantitative estimate of drug-likeness (QED) is 0.818. The Morgan fingerprint density at radius 3 is 3.00 bits per heavy atom. The van der Waals surface area contributed by atoms with Gasteiger partial charge in [0.15, 0.2) is 0 Å². The van der Waals surface area contributed by atoms with E-state index in [0.717, 1.165) is 30.5 Å². The number of hydrogen-bond acceptors (Lipinski definition) is 3. The highest BCUT2D eigenvalue weighted by molar-refractivity contribution is 5.23. The van der Waals surface area contributed by atoms with Crippen molar-refractivity contribution in [3.8, 4) is 5.75 Å². The Bertz CT molecular complexity index is 419. The Morgan fingerprint density at radius 1 is 1.38 bits per heavy atom. The Kier molecular flexibility index (Phi) is 6.50. The summed E-state index contributed by atoms with van der Waals surface area (Å²) >= 11 is 0. The van der Waals surface area contributed by atoms with E-state index in [1.165, 1.54) is 32.1 Å². The van der Waals surface area contributed by atoms with E-state index in [2.05, 4.69) is 37.1 Å². The van der Waals surface area contributed by atoms with Crippen molar-refractivity contribution >= 4 is 0 Å². The molecule has 2 rings (SSSR count). The van der Waals surface area contributed by atoms with Crippen molar-refractivity contribution in [2.24, 2.45) is 11.8 Å². The van der Waals surface area contributed by atoms with E-state index in [-0.39, 0.29) is 0 Å². The Hall–Kier alpha value is -1.09. The molecule has 118 valence electrons. The normalized spacial score (nSPS) is 22.5. The Balaban J connectivity index is 1.85. The van der Waals surface area contributed by atoms with Crippen LogP contribution in [0.15, 0.2) is 18.3 Å². The second kappa shape index (κ2) is 8.38. The van der Waals surface area contributed by atoms with Crippen LogP contribution in [0.3, 0.4) is 0 Å². The lowest BCUT2D eigenvalue weighted by Gasteiger charge is -2.29. The fourth-order valence-corrected chi connectivity index (χ4v) is 3.03. The predicted molar refractivity (Wildman–Crippen MR) is 87.4 cm³/mol. The zero-order chi connectivity index (χ0) is 15.1. The first kappa shape index (κ1) is 16.3. The molecule has 0 aromatic carbocycles. The van der Waals surface area contributed by atoms with Crippen molar-refractivity contribution in [1.29, 1.82) is 0 Å². The molecular weight excluding hydrogens is 260 g/mol. The predicted octanol–water partition coefficient (Wildman–Crippen LogP) is 4.17. The van der Waals surface area contributed by atoms with Crippen molar-refractivity contribution in [1.82, 2.24) is 10.3 Å². The van der Waals surface area contributed by atoms with Crippen LogP contribution in [-0.4, -0.2) is 17.6 Å². The molecule has 0 aliphatic heterocycles. The molecule has 0 spiro atoms. The molecule has 1 heterocycles. The van der Waals surface area contributed by atoms with E-state index in [9.17, 15) is 0 Å². The van der Waals surface area contributed by atoms with Crippen molar-refractivity contribution in [2.75, 3.05) is 6.54 Å². The van der Waals surface area contributed by atoms with Gasteiger partial charge in [0.1, 0.15) is 5.75 Å². The summed E-state index contributed by atoms with van der Waals surface area (Å²) in [5.74, 6) is 2.49. The summed E-state index contributed by atoms with van der Waals surface area (Å²) in [6.07, 6.45) is 8.61. The van der Waals surface area contributed by atoms with Crippen LogP contribution in [-0.2, 0) is 6.54 Å². The second-order valence-electron chi connectivity index (χ2n) is 6.69. The maximum Gasteiger partial charge on any atom is 0.123 e. The Morgan fingerprint density at radius 2 is 2.24 bits per heavy atom. The molecule has 0 saturated heterocycles. The number of rotatable bonds is 7. The van der Waals surface area contributed by atoms with Crippen LogP contribution in [0.25, 0.3) is 0 Å². The molecule has 2 unspecified atom stereocenters. The molecule has 0 bridgehead atoms. The Labute approximate surface area is 129 Å². The molecule has 0 radical (unpaired) electrons. The van der Waals surface area contributed by atoms with Gasteiger partial charge in [-0.25, -0.2) is 0 Å². The van der Waals surface area contributed by atoms with Gasteiger partial charge in [0, 0.05) is 18.8 Å². The van der Waals surface area contributed by atoms with E-state index in [0.29, 0.717) is 12.0 Å². The van der Waals surface area contributed by atoms with Gasteiger partial charge in [-0.1, -0.05) is 33.6 Å². The van der Waals surface area contributed by atoms with E-state index in [4.69, 9.17) is 4.74 Å². The van der Waals surface area contributed by atoms with Gasteiger partial charge in [0.2, 0.25) is 0 Å². The molecule has 1 aromatic rings. The van der Waals surface area contributed by atoms with E-state index >= 15 is 0 Å². The maximum absolute atomic E-state index is 6.19. The molecule has 1 aliphatic rings. The van der Waals surface area contributed by atoms with Crippen LogP contribution in [0, 0.1) is 11.8 Å². The van der Waals surface area contributed by atoms with Crippen LogP contribution in [0.5, 0.6) is 5.75 Å². The summed E-state index contributed by atoms with van der Waals surface area (Å²) in [4.78, 5) is 4.42. The van der Waals surface area contributed by atoms with E-state index in [1.54, 1.807) is 0 Å². The third kappa shape index (κ3) is 5.66. The highest BCUT2D eigenvalue weighted by Crippen LogP contribution is 2.29. The van der Waals surface area contributed by atoms with Crippen LogP contribution in [0.4, 0.5) is 0 Å². The summed E-state index contributed by atoms with van der Waals surface area (Å²) in [6.45, 7) is 8.56. The number of ether oxygens (including phenoxy) is 1. The highest BCUT2D eigenvalue weighted by Gasteiger charge is 2.22. The molecule has 1 aliphatic carbocycles. The first-order chi connectivity index (χ1) is 10.2. The van der Waals surface area contributed by atoms with Gasteiger partial charge in [0.05, 0.1) is 11.8 Å². The van der Waals surface area contributed by atoms with Crippen molar-refractivity contribution in [3.63, 3.8) is 0 Å². The number of pyridine rings is 1. The van der Waals surface area contributed by atoms with Crippen LogP contribution >= 0.6 is 0 Å². The zero-order valence-corrected chi connectivity index (χ0v) is 13.8. The van der Waals surface area contributed by atoms with Crippen LogP contribution in [0.2, 0.25) is 0 Å². The van der Waals surface area contributed by atoms with Crippen molar-refractivity contribution in [3.05, 3.63) is 24.0 Å². The smallest absolute Gasteiger partial charge is 0.123 e. The van der Waals surface area contributed by atoms with Gasteiger partial charge in [-0.15, -0.1) is 0 Å². The SMILES string of the molecule is CCC1CCCC(Oc2ccnc(CNCC(C)C)c2)C1. The molecule has 21 heavy (non-hydrogen) atoms. The number of hydrogen-bond donors (Lipinski definition) is 1. The summed E-state index contributed by atoms with van der Waals surface area (Å²) in [5, 5.41) is 3.43. The minimum Gasteiger partial charge on any atom is -0.490 e. The lowest BCUT2D eigenvalue weighted by Crippen LogP contribution is -2.25. The largest absolute Gasteiger partial charge is 0.490 e. The number of nitrogens with zero attached hydrogens (tertiary/aromatic N) is 1. The average molecular weight is 290 g/mol. The second-order valence-corrected chi connectivity index (χ2v) is 6.69. The molecule has 2 atom stereocenters. The molecule has 1 aromatic heterocycles. The summed E-state index contributed by atoms with van der Waals surface area (Å²) in [5.41, 5.74) is 1.07. The maximum atomic E-state index is 6.19. The lowest BCUT2D eigenvalue weighted by atomic mass is 9.85. The summed E-state index contributed by atoms with van der Waals surface area (Å²) in [7, 11) is 0. The molecule has 0 amide bonds. The van der Waals surface area contributed by atoms with Gasteiger partial charge >= 0.3 is 0 Å². The molecule has 1 saturated carbocycles. The van der Waals surface area contributed by atoms with Crippen molar-refractivity contribution < 1.29 is 4.74 Å². The minimum atomic E-state index is 0.391. The third-order valence-electron chi connectivity index (χ3n) is 4.26. The first-order valence-corrected chi connectivity index (χ1v) is 8.49. The molecular formula is C18H30N2O. The molecule has 1 fully saturated rings. The van der Waals surface area contributed by atoms with Gasteiger partial charge < -0.3 is 10.1 Å². The van der Waals surface area contributed by atoms with E-state index in [1.807, 2.05) is 12.3 Å². The summed E-state index contributed by atoms with van der Waals surface area (Å²) < 4.78 is 6.19. The van der Waals surface area contributed by atoms with Gasteiger partial charge in [-0.05, 0) is 43.7 Å². The number of nitrogens with one attached hydrogen (secondary N) is 1. The summed E-state index contributed by atoms with van der Waals surface area (Å²) in [6, 6.07) is 4.07. The van der Waals surface area contributed by atoms with Crippen LogP contribution in [0.1, 0.15) is 58.6 Å².